The molecule has 1 aliphatic rings. The van der Waals surface area contributed by atoms with Crippen LogP contribution in [0.5, 0.6) is 0 Å². The van der Waals surface area contributed by atoms with E-state index in [2.05, 4.69) is 5.32 Å². The molecular formula is C26H53N7O6. The summed E-state index contributed by atoms with van der Waals surface area (Å²) >= 11 is 0. The SMILES string of the molecule is C.CN(C)CCCC(=O)CN1CCN(CC(=O)O)CCN(CC(=O)NCCN(C)C)CCN(CC(=O)O)CC1. The molecule has 1 fully saturated rings. The van der Waals surface area contributed by atoms with E-state index in [1.165, 1.54) is 0 Å². The van der Waals surface area contributed by atoms with Gasteiger partial charge < -0.3 is 25.3 Å². The van der Waals surface area contributed by atoms with Crippen LogP contribution in [0.25, 0.3) is 0 Å². The molecule has 228 valence electrons. The van der Waals surface area contributed by atoms with E-state index in [0.717, 1.165) is 19.5 Å². The van der Waals surface area contributed by atoms with Crippen LogP contribution in [0.4, 0.5) is 0 Å². The molecular weight excluding hydrogens is 506 g/mol. The van der Waals surface area contributed by atoms with Gasteiger partial charge in [0.15, 0.2) is 0 Å². The number of carbonyl (C=O) groups excluding carboxylic acids is 2. The van der Waals surface area contributed by atoms with Gasteiger partial charge in [-0.25, -0.2) is 0 Å². The van der Waals surface area contributed by atoms with Crippen molar-refractivity contribution in [2.45, 2.75) is 20.3 Å². The molecule has 13 nitrogen and oxygen atoms in total. The Balaban J connectivity index is 0.0000144. The molecule has 0 aromatic carbocycles. The van der Waals surface area contributed by atoms with Crippen molar-refractivity contribution in [3.63, 3.8) is 0 Å². The summed E-state index contributed by atoms with van der Waals surface area (Å²) in [6, 6.07) is 0. The van der Waals surface area contributed by atoms with Crippen molar-refractivity contribution in [1.29, 1.82) is 0 Å². The molecule has 39 heavy (non-hydrogen) atoms. The predicted octanol–water partition coefficient (Wildman–Crippen LogP) is -1.40. The number of likely N-dealkylation sites (N-methyl/N-ethyl adjacent to an activating group) is 1. The van der Waals surface area contributed by atoms with Gasteiger partial charge in [-0.1, -0.05) is 7.43 Å². The molecule has 1 heterocycles. The molecule has 1 amide bonds. The Bertz CT molecular complexity index is 662. The average Bonchev–Trinajstić information content (AvgIpc) is 2.79. The van der Waals surface area contributed by atoms with Crippen molar-refractivity contribution in [3.05, 3.63) is 0 Å². The van der Waals surface area contributed by atoms with Crippen molar-refractivity contribution < 1.29 is 29.4 Å². The van der Waals surface area contributed by atoms with E-state index >= 15 is 0 Å². The normalized spacial score (nSPS) is 17.3. The molecule has 0 bridgehead atoms. The molecule has 0 aromatic rings. The third kappa shape index (κ3) is 19.5. The number of carboxylic acid groups (broad SMARTS) is 2. The van der Waals surface area contributed by atoms with E-state index in [9.17, 15) is 29.4 Å². The summed E-state index contributed by atoms with van der Waals surface area (Å²) in [5, 5.41) is 21.7. The van der Waals surface area contributed by atoms with Gasteiger partial charge in [0.2, 0.25) is 5.91 Å². The second-order valence-electron chi connectivity index (χ2n) is 10.5. The number of hydrogen-bond acceptors (Lipinski definition) is 10. The highest BCUT2D eigenvalue weighted by Crippen LogP contribution is 2.03. The number of amides is 1. The van der Waals surface area contributed by atoms with E-state index in [-0.39, 0.29) is 45.3 Å². The second kappa shape index (κ2) is 20.7. The summed E-state index contributed by atoms with van der Waals surface area (Å²) in [7, 11) is 7.79. The quantitative estimate of drug-likeness (QED) is 0.217. The Labute approximate surface area is 234 Å². The zero-order chi connectivity index (χ0) is 28.5. The molecule has 0 unspecified atom stereocenters. The maximum absolute atomic E-state index is 12.6. The Hall–Kier alpha value is -2.16. The Morgan fingerprint density at radius 1 is 0.641 bits per heavy atom. The van der Waals surface area contributed by atoms with Crippen molar-refractivity contribution >= 4 is 23.6 Å². The van der Waals surface area contributed by atoms with Gasteiger partial charge in [-0.15, -0.1) is 0 Å². The van der Waals surface area contributed by atoms with Crippen LogP contribution < -0.4 is 5.32 Å². The third-order valence-corrected chi connectivity index (χ3v) is 6.36. The molecule has 3 N–H and O–H groups in total. The fourth-order valence-corrected chi connectivity index (χ4v) is 4.19. The van der Waals surface area contributed by atoms with Crippen LogP contribution >= 0.6 is 0 Å². The molecule has 1 rings (SSSR count). The van der Waals surface area contributed by atoms with Crippen LogP contribution in [0, 0.1) is 0 Å². The number of Topliss-reactive ketones (excluding diaryl/α,β-unsaturated/α-hetero) is 1. The van der Waals surface area contributed by atoms with E-state index in [1.807, 2.05) is 57.6 Å². The fraction of sp³-hybridized carbons (Fsp3) is 0.846. The highest BCUT2D eigenvalue weighted by molar-refractivity contribution is 5.80. The minimum Gasteiger partial charge on any atom is -0.480 e. The average molecular weight is 560 g/mol. The first-order chi connectivity index (χ1) is 17.9. The summed E-state index contributed by atoms with van der Waals surface area (Å²) in [5.74, 6) is -1.85. The molecule has 0 aliphatic carbocycles. The first-order valence-electron chi connectivity index (χ1n) is 13.4. The lowest BCUT2D eigenvalue weighted by Gasteiger charge is -2.33. The zero-order valence-electron chi connectivity index (χ0n) is 23.7. The number of ketones is 1. The smallest absolute Gasteiger partial charge is 0.317 e. The van der Waals surface area contributed by atoms with Crippen LogP contribution in [0.3, 0.4) is 0 Å². The number of hydrogen-bond donors (Lipinski definition) is 3. The van der Waals surface area contributed by atoms with Gasteiger partial charge in [-0.3, -0.25) is 38.8 Å². The summed E-state index contributed by atoms with van der Waals surface area (Å²) in [6.45, 7) is 5.98. The first-order valence-corrected chi connectivity index (χ1v) is 13.4. The zero-order valence-corrected chi connectivity index (χ0v) is 23.7. The van der Waals surface area contributed by atoms with Gasteiger partial charge in [0, 0.05) is 71.9 Å². The van der Waals surface area contributed by atoms with Crippen LogP contribution in [0.2, 0.25) is 0 Å². The monoisotopic (exact) mass is 559 g/mol. The largest absolute Gasteiger partial charge is 0.480 e. The van der Waals surface area contributed by atoms with E-state index in [0.29, 0.717) is 65.3 Å². The maximum atomic E-state index is 12.6. The van der Waals surface area contributed by atoms with E-state index in [4.69, 9.17) is 0 Å². The predicted molar refractivity (Wildman–Crippen MR) is 152 cm³/mol. The fourth-order valence-electron chi connectivity index (χ4n) is 4.19. The highest BCUT2D eigenvalue weighted by Gasteiger charge is 2.21. The van der Waals surface area contributed by atoms with E-state index in [1.54, 1.807) is 0 Å². The topological polar surface area (TPSA) is 140 Å². The number of aliphatic carboxylic acids is 2. The lowest BCUT2D eigenvalue weighted by atomic mass is 10.2. The minimum atomic E-state index is -0.927. The Morgan fingerprint density at radius 3 is 1.41 bits per heavy atom. The van der Waals surface area contributed by atoms with Gasteiger partial charge in [0.25, 0.3) is 0 Å². The third-order valence-electron chi connectivity index (χ3n) is 6.36. The van der Waals surface area contributed by atoms with Crippen LogP contribution in [0.15, 0.2) is 0 Å². The molecule has 0 radical (unpaired) electrons. The Morgan fingerprint density at radius 2 is 1.03 bits per heavy atom. The van der Waals surface area contributed by atoms with Gasteiger partial charge in [0.1, 0.15) is 5.78 Å². The molecule has 1 aliphatic heterocycles. The summed E-state index contributed by atoms with van der Waals surface area (Å²) in [4.78, 5) is 59.8. The summed E-state index contributed by atoms with van der Waals surface area (Å²) < 4.78 is 0. The van der Waals surface area contributed by atoms with Gasteiger partial charge in [0.05, 0.1) is 26.2 Å². The van der Waals surface area contributed by atoms with Gasteiger partial charge >= 0.3 is 11.9 Å². The second-order valence-corrected chi connectivity index (χ2v) is 10.5. The van der Waals surface area contributed by atoms with Crippen LogP contribution in [-0.4, -0.2) is 190 Å². The van der Waals surface area contributed by atoms with Gasteiger partial charge in [-0.05, 0) is 41.2 Å². The lowest BCUT2D eigenvalue weighted by molar-refractivity contribution is -0.139. The highest BCUT2D eigenvalue weighted by atomic mass is 16.4. The number of rotatable bonds is 15. The number of nitrogens with zero attached hydrogens (tertiary/aromatic N) is 6. The molecule has 0 spiro atoms. The maximum Gasteiger partial charge on any atom is 0.317 e. The molecule has 0 aromatic heterocycles. The number of nitrogens with one attached hydrogen (secondary N) is 1. The summed E-state index contributed by atoms with van der Waals surface area (Å²) in [5.41, 5.74) is 0. The first kappa shape index (κ1) is 36.8. The number of carbonyl (C=O) groups is 4. The van der Waals surface area contributed by atoms with Crippen molar-refractivity contribution in [2.75, 3.05) is 126 Å². The molecule has 1 saturated heterocycles. The van der Waals surface area contributed by atoms with Crippen molar-refractivity contribution in [3.8, 4) is 0 Å². The standard InChI is InChI=1S/C25H49N7O6.CH4/c1-27(2)8-5-6-22(33)18-29-10-14-31(20-24(35)36)16-12-30(19-23(34)26-7-9-28(3)4)13-17-32(15-11-29)21-25(37)38;/h5-21H2,1-4H3,(H,26,34)(H,35,36)(H,37,38);1H4. The van der Waals surface area contributed by atoms with Crippen LogP contribution in [-0.2, 0) is 19.2 Å². The molecule has 13 heteroatoms. The lowest BCUT2D eigenvalue weighted by Crippen LogP contribution is -2.50. The van der Waals surface area contributed by atoms with Crippen LogP contribution in [0.1, 0.15) is 20.3 Å². The number of carboxylic acids is 2. The Kier molecular flexibility index (Phi) is 19.6. The minimum absolute atomic E-state index is 0. The molecule has 0 atom stereocenters. The van der Waals surface area contributed by atoms with Crippen molar-refractivity contribution in [1.82, 2.24) is 34.7 Å². The van der Waals surface area contributed by atoms with Gasteiger partial charge in [-0.2, -0.15) is 0 Å². The van der Waals surface area contributed by atoms with E-state index < -0.39 is 11.9 Å². The van der Waals surface area contributed by atoms with Crippen molar-refractivity contribution in [2.24, 2.45) is 0 Å². The summed E-state index contributed by atoms with van der Waals surface area (Å²) in [6.07, 6.45) is 1.24. The molecule has 0 saturated carbocycles.